The largest absolute Gasteiger partial charge is 0.350 e. The second-order valence-electron chi connectivity index (χ2n) is 3.66. The summed E-state index contributed by atoms with van der Waals surface area (Å²) in [7, 11) is 0. The van der Waals surface area contributed by atoms with Crippen molar-refractivity contribution in [2.75, 3.05) is 5.32 Å². The van der Waals surface area contributed by atoms with Crippen molar-refractivity contribution in [1.29, 1.82) is 0 Å². The summed E-state index contributed by atoms with van der Waals surface area (Å²) in [5, 5.41) is 1.36. The molecule has 2 aromatic carbocycles. The fraction of sp³-hybridized carbons (Fsp3) is 0. The fourth-order valence-corrected chi connectivity index (χ4v) is 1.69. The number of nitrogens with one attached hydrogen (secondary N) is 1. The van der Waals surface area contributed by atoms with E-state index in [1.54, 1.807) is 0 Å². The summed E-state index contributed by atoms with van der Waals surface area (Å²) in [4.78, 5) is 11.1. The van der Waals surface area contributed by atoms with Crippen molar-refractivity contribution in [3.8, 4) is 0 Å². The molecule has 2 aromatic rings. The van der Waals surface area contributed by atoms with E-state index < -0.39 is 28.4 Å². The van der Waals surface area contributed by atoms with Crippen LogP contribution in [0.5, 0.6) is 0 Å². The highest BCUT2D eigenvalue weighted by Gasteiger charge is 2.18. The van der Waals surface area contributed by atoms with Crippen molar-refractivity contribution < 1.29 is 18.0 Å². The molecule has 6 heteroatoms. The molecule has 0 spiro atoms. The van der Waals surface area contributed by atoms with Crippen molar-refractivity contribution in [2.24, 2.45) is 0 Å². The predicted molar refractivity (Wildman–Crippen MR) is 66.2 cm³/mol. The van der Waals surface area contributed by atoms with E-state index in [1.807, 2.05) is 0 Å². The zero-order valence-electron chi connectivity index (χ0n) is 9.38. The second kappa shape index (κ2) is 5.32. The molecule has 2 nitrogen and oxygen atoms in total. The molecule has 0 fully saturated rings. The van der Waals surface area contributed by atoms with Crippen LogP contribution in [0.25, 0.3) is 0 Å². The Hall–Kier alpha value is -2.01. The molecule has 0 amide bonds. The number of benzene rings is 2. The van der Waals surface area contributed by atoms with E-state index >= 15 is 0 Å². The third kappa shape index (κ3) is 2.71. The molecular formula is C13H7ClF3NO. The van der Waals surface area contributed by atoms with Gasteiger partial charge in [-0.2, -0.15) is 0 Å². The van der Waals surface area contributed by atoms with Gasteiger partial charge in [0.05, 0.1) is 16.9 Å². The van der Waals surface area contributed by atoms with Gasteiger partial charge in [0.2, 0.25) is 0 Å². The Morgan fingerprint density at radius 2 is 1.68 bits per heavy atom. The van der Waals surface area contributed by atoms with Crippen LogP contribution in [-0.2, 0) is 0 Å². The van der Waals surface area contributed by atoms with Crippen LogP contribution >= 0.6 is 11.6 Å². The fourth-order valence-electron chi connectivity index (χ4n) is 1.53. The molecule has 0 aliphatic carbocycles. The molecule has 0 aliphatic rings. The maximum Gasteiger partial charge on any atom is 0.254 e. The van der Waals surface area contributed by atoms with Gasteiger partial charge in [0, 0.05) is 0 Å². The van der Waals surface area contributed by atoms with Gasteiger partial charge in [-0.15, -0.1) is 0 Å². The summed E-state index contributed by atoms with van der Waals surface area (Å²) in [6.07, 6.45) is 0. The van der Waals surface area contributed by atoms with Gasteiger partial charge in [0.25, 0.3) is 5.24 Å². The molecule has 2 rings (SSSR count). The van der Waals surface area contributed by atoms with Crippen LogP contribution in [0.1, 0.15) is 10.4 Å². The minimum absolute atomic E-state index is 0.0915. The van der Waals surface area contributed by atoms with Gasteiger partial charge in [-0.3, -0.25) is 4.79 Å². The molecule has 0 bridgehead atoms. The van der Waals surface area contributed by atoms with Gasteiger partial charge in [-0.1, -0.05) is 12.1 Å². The molecular weight excluding hydrogens is 279 g/mol. The van der Waals surface area contributed by atoms with Crippen LogP contribution in [-0.4, -0.2) is 5.24 Å². The van der Waals surface area contributed by atoms with Crippen molar-refractivity contribution in [2.45, 2.75) is 0 Å². The molecule has 1 N–H and O–H groups in total. The lowest BCUT2D eigenvalue weighted by atomic mass is 10.1. The summed E-state index contributed by atoms with van der Waals surface area (Å²) in [5.41, 5.74) is -0.861. The number of carbonyl (C=O) groups is 1. The Labute approximate surface area is 111 Å². The predicted octanol–water partition coefficient (Wildman–Crippen LogP) is 4.23. The van der Waals surface area contributed by atoms with Gasteiger partial charge >= 0.3 is 0 Å². The maximum absolute atomic E-state index is 13.7. The van der Waals surface area contributed by atoms with Crippen LogP contribution in [0, 0.1) is 17.5 Å². The van der Waals surface area contributed by atoms with Crippen LogP contribution < -0.4 is 5.32 Å². The summed E-state index contributed by atoms with van der Waals surface area (Å²) in [6.45, 7) is 0. The summed E-state index contributed by atoms with van der Waals surface area (Å²) in [6, 6.07) is 7.21. The molecule has 0 saturated carbocycles. The average molecular weight is 286 g/mol. The van der Waals surface area contributed by atoms with Crippen LogP contribution in [0.15, 0.2) is 36.4 Å². The number of carbonyl (C=O) groups excluding carboxylic acids is 1. The van der Waals surface area contributed by atoms with Crippen molar-refractivity contribution in [1.82, 2.24) is 0 Å². The number of para-hydroxylation sites is 1. The van der Waals surface area contributed by atoms with Crippen LogP contribution in [0.2, 0.25) is 0 Å². The summed E-state index contributed by atoms with van der Waals surface area (Å²) < 4.78 is 40.3. The van der Waals surface area contributed by atoms with Crippen molar-refractivity contribution in [3.05, 3.63) is 59.4 Å². The first-order chi connectivity index (χ1) is 9.00. The molecule has 0 saturated heterocycles. The highest BCUT2D eigenvalue weighted by Crippen LogP contribution is 2.28. The Kier molecular flexibility index (Phi) is 3.76. The third-order valence-corrected chi connectivity index (χ3v) is 2.64. The molecule has 0 unspecified atom stereocenters. The number of hydrogen-bond donors (Lipinski definition) is 1. The number of rotatable bonds is 3. The van der Waals surface area contributed by atoms with E-state index in [0.717, 1.165) is 18.2 Å². The third-order valence-electron chi connectivity index (χ3n) is 2.44. The smallest absolute Gasteiger partial charge is 0.254 e. The molecule has 98 valence electrons. The standard InChI is InChI=1S/C13H7ClF3NO/c14-13(19)7-5-6-9(16)11(17)12(7)18-10-4-2-1-3-8(10)15/h1-6,18H. The lowest BCUT2D eigenvalue weighted by molar-refractivity contribution is 0.108. The Morgan fingerprint density at radius 1 is 1.00 bits per heavy atom. The molecule has 0 aliphatic heterocycles. The summed E-state index contributed by atoms with van der Waals surface area (Å²) in [5.74, 6) is -3.13. The summed E-state index contributed by atoms with van der Waals surface area (Å²) >= 11 is 5.28. The first kappa shape index (κ1) is 13.4. The van der Waals surface area contributed by atoms with E-state index in [0.29, 0.717) is 0 Å². The van der Waals surface area contributed by atoms with E-state index in [1.165, 1.54) is 18.2 Å². The Balaban J connectivity index is 2.53. The highest BCUT2D eigenvalue weighted by molar-refractivity contribution is 6.68. The van der Waals surface area contributed by atoms with Gasteiger partial charge in [0.1, 0.15) is 5.82 Å². The van der Waals surface area contributed by atoms with Crippen molar-refractivity contribution in [3.63, 3.8) is 0 Å². The Morgan fingerprint density at radius 3 is 2.32 bits per heavy atom. The first-order valence-corrected chi connectivity index (χ1v) is 5.58. The lowest BCUT2D eigenvalue weighted by Crippen LogP contribution is -2.04. The molecule has 0 radical (unpaired) electrons. The SMILES string of the molecule is O=C(Cl)c1ccc(F)c(F)c1Nc1ccccc1F. The minimum atomic E-state index is -1.30. The van der Waals surface area contributed by atoms with Crippen molar-refractivity contribution >= 4 is 28.2 Å². The minimum Gasteiger partial charge on any atom is -0.350 e. The van der Waals surface area contributed by atoms with Crippen LogP contribution in [0.4, 0.5) is 24.5 Å². The zero-order chi connectivity index (χ0) is 14.0. The molecule has 0 aromatic heterocycles. The van der Waals surface area contributed by atoms with E-state index in [2.05, 4.69) is 5.32 Å². The van der Waals surface area contributed by atoms with E-state index in [4.69, 9.17) is 11.6 Å². The van der Waals surface area contributed by atoms with Gasteiger partial charge in [-0.05, 0) is 35.9 Å². The second-order valence-corrected chi connectivity index (χ2v) is 4.01. The van der Waals surface area contributed by atoms with Gasteiger partial charge in [-0.25, -0.2) is 13.2 Å². The average Bonchev–Trinajstić information content (AvgIpc) is 2.37. The number of halogens is 4. The van der Waals surface area contributed by atoms with Gasteiger partial charge < -0.3 is 5.32 Å². The van der Waals surface area contributed by atoms with E-state index in [9.17, 15) is 18.0 Å². The lowest BCUT2D eigenvalue weighted by Gasteiger charge is -2.11. The molecule has 0 atom stereocenters. The molecule has 19 heavy (non-hydrogen) atoms. The highest BCUT2D eigenvalue weighted by atomic mass is 35.5. The Bertz CT molecular complexity index is 646. The number of anilines is 2. The van der Waals surface area contributed by atoms with E-state index in [-0.39, 0.29) is 11.3 Å². The number of hydrogen-bond acceptors (Lipinski definition) is 2. The quantitative estimate of drug-likeness (QED) is 0.855. The zero-order valence-corrected chi connectivity index (χ0v) is 10.1. The topological polar surface area (TPSA) is 29.1 Å². The monoisotopic (exact) mass is 285 g/mol. The van der Waals surface area contributed by atoms with Gasteiger partial charge in [0.15, 0.2) is 11.6 Å². The van der Waals surface area contributed by atoms with Crippen LogP contribution in [0.3, 0.4) is 0 Å². The first-order valence-electron chi connectivity index (χ1n) is 5.20. The normalized spacial score (nSPS) is 10.3. The molecule has 0 heterocycles. The maximum atomic E-state index is 13.7.